The molecule has 2 amide bonds. The van der Waals surface area contributed by atoms with E-state index in [1.54, 1.807) is 16.9 Å². The van der Waals surface area contributed by atoms with Crippen LogP contribution in [-0.4, -0.2) is 136 Å². The number of methoxy groups -OCH3 is 1. The Kier molecular flexibility index (Phi) is 26.0. The fraction of sp³-hybridized carbons (Fsp3) is 0.371. The van der Waals surface area contributed by atoms with Crippen molar-refractivity contribution in [1.29, 1.82) is 0 Å². The van der Waals surface area contributed by atoms with Crippen LogP contribution in [0.5, 0.6) is 18.0 Å². The van der Waals surface area contributed by atoms with Gasteiger partial charge in [0.1, 0.15) is 41.5 Å². The van der Waals surface area contributed by atoms with Gasteiger partial charge in [0.05, 0.1) is 32.9 Å². The van der Waals surface area contributed by atoms with Gasteiger partial charge in [-0.15, -0.1) is 0 Å². The molecule has 15 rings (SSSR count). The van der Waals surface area contributed by atoms with Crippen LogP contribution in [0.25, 0.3) is 33.4 Å². The van der Waals surface area contributed by atoms with Gasteiger partial charge in [0.2, 0.25) is 0 Å². The Morgan fingerprint density at radius 3 is 1.09 bits per heavy atom. The van der Waals surface area contributed by atoms with E-state index in [1.165, 1.54) is 122 Å². The second-order valence-electron chi connectivity index (χ2n) is 29.6. The number of carbonyl (C=O) groups excluding carboxylic acids is 2. The Bertz CT molecular complexity index is 4500. The molecule has 0 unspecified atom stereocenters. The molecule has 21 heteroatoms. The minimum atomic E-state index is -0.174. The molecule has 0 saturated carbocycles. The van der Waals surface area contributed by atoms with Crippen LogP contribution in [0.2, 0.25) is 0 Å². The maximum atomic E-state index is 13.1. The van der Waals surface area contributed by atoms with E-state index in [-0.39, 0.29) is 30.4 Å². The molecular weight excluding hydrogens is 1380 g/mol. The van der Waals surface area contributed by atoms with Crippen LogP contribution in [0, 0.1) is 0 Å². The number of fused-ring (bicyclic) bond motifs is 3. The number of nitrogens with zero attached hydrogens (tertiary/aromatic N) is 12. The molecule has 110 heavy (non-hydrogen) atoms. The van der Waals surface area contributed by atoms with Gasteiger partial charge in [-0.2, -0.15) is 29.9 Å². The van der Waals surface area contributed by atoms with Crippen LogP contribution < -0.4 is 46.1 Å². The first-order valence-corrected chi connectivity index (χ1v) is 39.1. The van der Waals surface area contributed by atoms with Crippen molar-refractivity contribution < 1.29 is 28.5 Å². The van der Waals surface area contributed by atoms with Gasteiger partial charge in [-0.3, -0.25) is 34.1 Å². The average molecular weight is 1480 g/mol. The van der Waals surface area contributed by atoms with Crippen molar-refractivity contribution >= 4 is 46.7 Å². The fourth-order valence-corrected chi connectivity index (χ4v) is 15.0. The number of nitrogen functional groups attached to an aromatic ring is 3. The van der Waals surface area contributed by atoms with Crippen molar-refractivity contribution in [3.8, 4) is 51.4 Å². The summed E-state index contributed by atoms with van der Waals surface area (Å²) < 4.78 is 22.1. The molecule has 21 nitrogen and oxygen atoms in total. The lowest BCUT2D eigenvalue weighted by molar-refractivity contribution is -0.116. The molecule has 0 bridgehead atoms. The zero-order valence-corrected chi connectivity index (χ0v) is 64.2. The Balaban J connectivity index is 0.000000145. The topological polar surface area (TPSA) is 246 Å². The molecule has 3 fully saturated rings. The molecule has 3 saturated heterocycles. The van der Waals surface area contributed by atoms with Crippen LogP contribution in [0.15, 0.2) is 182 Å². The van der Waals surface area contributed by atoms with Crippen molar-refractivity contribution in [2.24, 2.45) is 0 Å². The number of hydrogen-bond donors (Lipinski definition) is 3. The molecule has 0 atom stereocenters. The Hall–Kier alpha value is -10.8. The number of nitrogens with two attached hydrogens (primary N) is 3. The lowest BCUT2D eigenvalue weighted by Gasteiger charge is -2.32. The third-order valence-corrected chi connectivity index (χ3v) is 21.0. The number of ether oxygens (including phenoxy) is 4. The molecule has 9 heterocycles. The van der Waals surface area contributed by atoms with Crippen LogP contribution >= 0.6 is 0 Å². The van der Waals surface area contributed by atoms with E-state index in [2.05, 4.69) is 212 Å². The highest BCUT2D eigenvalue weighted by Crippen LogP contribution is 2.38. The predicted octanol–water partition coefficient (Wildman–Crippen LogP) is 14.8. The summed E-state index contributed by atoms with van der Waals surface area (Å²) in [5.74, 6) is 2.63. The molecule has 0 radical (unpaired) electrons. The molecule has 0 aliphatic carbocycles. The number of aromatic nitrogens is 6. The van der Waals surface area contributed by atoms with Crippen molar-refractivity contribution in [3.05, 3.63) is 232 Å². The molecule has 6 aromatic carbocycles. The minimum Gasteiger partial charge on any atom is -0.463 e. The largest absolute Gasteiger partial charge is 0.463 e. The quantitative estimate of drug-likeness (QED) is 0.0246. The van der Waals surface area contributed by atoms with Crippen LogP contribution in [-0.2, 0) is 72.9 Å². The van der Waals surface area contributed by atoms with Crippen LogP contribution in [0.3, 0.4) is 0 Å². The Morgan fingerprint density at radius 1 is 0.382 bits per heavy atom. The van der Waals surface area contributed by atoms with Crippen LogP contribution in [0.1, 0.15) is 128 Å². The molecule has 572 valence electrons. The summed E-state index contributed by atoms with van der Waals surface area (Å²) in [4.78, 5) is 66.0. The van der Waals surface area contributed by atoms with E-state index in [0.717, 1.165) is 103 Å². The number of anilines is 6. The first-order chi connectivity index (χ1) is 53.6. The number of rotatable bonds is 27. The Morgan fingerprint density at radius 2 is 0.727 bits per heavy atom. The minimum absolute atomic E-state index is 0.128. The molecule has 9 aromatic rings. The van der Waals surface area contributed by atoms with Crippen LogP contribution in [0.4, 0.5) is 34.9 Å². The first-order valence-electron chi connectivity index (χ1n) is 39.1. The highest BCUT2D eigenvalue weighted by molar-refractivity contribution is 6.09. The summed E-state index contributed by atoms with van der Waals surface area (Å²) in [6.07, 6.45) is 13.1. The maximum Gasteiger partial charge on any atom is 0.320 e. The van der Waals surface area contributed by atoms with E-state index in [4.69, 9.17) is 41.1 Å². The second kappa shape index (κ2) is 37.0. The smallest absolute Gasteiger partial charge is 0.320 e. The van der Waals surface area contributed by atoms with E-state index in [1.807, 2.05) is 12.1 Å². The second-order valence-corrected chi connectivity index (χ2v) is 29.6. The predicted molar refractivity (Wildman–Crippen MR) is 439 cm³/mol. The highest BCUT2D eigenvalue weighted by atomic mass is 16.5. The standard InChI is InChI=1S/C30H35N5O2.C30H37N5O.C29H33N5O3/c1-3-4-16-37-30-32-27(31)26-17-21(2)29(36)35(28(26)33-30)20-22-10-12-24(13-11-22)25-9-7-8-23(18-25)19-34-14-5-6-15-34;1-3-4-16-36-30-32-28(31)27-17-22(2)19-35(29(27)33-30)21-23-10-12-25(13-11-23)26-9-7-8-24(18-26)20-34-14-5-6-15-34;1-20-16-25-26(30)31-29(37-15-14-36-2)32-27(25)34(28(20)35)19-21-8-10-23(11-9-21)24-7-5-6-22(17-24)18-33-12-3-4-13-33/h7-13,18H,2-6,14-17,19-20H2,1H3,(H2,31,32,33);7-13,18H,2-6,14-17,19-21H2,1H3,(H2,31,32,33);5-11,17H,1,3-4,12-16,18-19H2,2H3,(H2,30,31,32). The molecule has 6 aliphatic heterocycles. The van der Waals surface area contributed by atoms with Gasteiger partial charge < -0.3 is 41.0 Å². The zero-order valence-electron chi connectivity index (χ0n) is 64.2. The number of amides is 2. The number of carbonyl (C=O) groups is 2. The van der Waals surface area contributed by atoms with Gasteiger partial charge >= 0.3 is 18.0 Å². The van der Waals surface area contributed by atoms with E-state index < -0.39 is 0 Å². The molecule has 0 spiro atoms. The first kappa shape index (κ1) is 77.3. The summed E-state index contributed by atoms with van der Waals surface area (Å²) in [6.45, 7) is 30.6. The summed E-state index contributed by atoms with van der Waals surface area (Å²) in [5.41, 5.74) is 37.6. The van der Waals surface area contributed by atoms with Gasteiger partial charge in [-0.1, -0.05) is 179 Å². The van der Waals surface area contributed by atoms with E-state index in [0.29, 0.717) is 104 Å². The van der Waals surface area contributed by atoms with Gasteiger partial charge in [0.15, 0.2) is 0 Å². The lowest BCUT2D eigenvalue weighted by Crippen LogP contribution is -2.37. The molecule has 3 aromatic heterocycles. The van der Waals surface area contributed by atoms with Crippen molar-refractivity contribution in [2.75, 3.05) is 111 Å². The Labute approximate surface area is 647 Å². The highest BCUT2D eigenvalue weighted by Gasteiger charge is 2.34. The van der Waals surface area contributed by atoms with E-state index >= 15 is 0 Å². The molecular formula is C89H105N15O6. The van der Waals surface area contributed by atoms with E-state index in [9.17, 15) is 9.59 Å². The number of likely N-dealkylation sites (tertiary alicyclic amines) is 3. The zero-order chi connectivity index (χ0) is 76.5. The number of hydrogen-bond acceptors (Lipinski definition) is 19. The van der Waals surface area contributed by atoms with Gasteiger partial charge in [0, 0.05) is 86.9 Å². The van der Waals surface area contributed by atoms with Gasteiger partial charge in [-0.05, 0) is 176 Å². The monoisotopic (exact) mass is 1480 g/mol. The van der Waals surface area contributed by atoms with Crippen molar-refractivity contribution in [1.82, 2.24) is 44.6 Å². The number of unbranched alkanes of at least 4 members (excludes halogenated alkanes) is 2. The maximum absolute atomic E-state index is 13.1. The fourth-order valence-electron chi connectivity index (χ4n) is 15.0. The normalized spacial score (nSPS) is 15.8. The van der Waals surface area contributed by atoms with Gasteiger partial charge in [0.25, 0.3) is 11.8 Å². The summed E-state index contributed by atoms with van der Waals surface area (Å²) in [6, 6.07) is 52.7. The molecule has 6 aliphatic rings. The van der Waals surface area contributed by atoms with Gasteiger partial charge in [-0.25, -0.2) is 0 Å². The SMILES string of the molecule is C=C1Cc2c(N)nc(OCCCC)nc2N(Cc2ccc(-c3cccc(CN4CCCC4)c3)cc2)C1.C=C1Cc2c(N)nc(OCCCC)nc2N(Cc2ccc(-c3cccc(CN4CCCC4)c3)cc2)C1=O.C=C1Cc2c(N)nc(OCCOC)nc2N(Cc2ccc(-c3cccc(CN4CCCC4)c3)cc2)C1=O. The van der Waals surface area contributed by atoms with Crippen molar-refractivity contribution in [3.63, 3.8) is 0 Å². The van der Waals surface area contributed by atoms with Crippen molar-refractivity contribution in [2.45, 2.75) is 137 Å². The third kappa shape index (κ3) is 19.8. The number of benzene rings is 6. The summed E-state index contributed by atoms with van der Waals surface area (Å²) >= 11 is 0. The average Bonchev–Trinajstić information content (AvgIpc) is 1.15. The third-order valence-electron chi connectivity index (χ3n) is 21.0. The lowest BCUT2D eigenvalue weighted by atomic mass is 9.99. The summed E-state index contributed by atoms with van der Waals surface area (Å²) in [7, 11) is 1.59. The summed E-state index contributed by atoms with van der Waals surface area (Å²) in [5, 5.41) is 0. The molecule has 6 N–H and O–H groups in total.